The number of nitrogens with one attached hydrogen (secondary N) is 2. The van der Waals surface area contributed by atoms with Crippen molar-refractivity contribution in [2.24, 2.45) is 0 Å². The zero-order valence-electron chi connectivity index (χ0n) is 19.6. The van der Waals surface area contributed by atoms with E-state index in [0.29, 0.717) is 23.0 Å². The lowest BCUT2D eigenvalue weighted by Crippen LogP contribution is -2.34. The molecule has 1 amide bonds. The Labute approximate surface area is 203 Å². The van der Waals surface area contributed by atoms with Crippen molar-refractivity contribution >= 4 is 40.0 Å². The highest BCUT2D eigenvalue weighted by molar-refractivity contribution is 7.80. The molecule has 0 radical (unpaired) electrons. The maximum Gasteiger partial charge on any atom is 0.261 e. The normalized spacial score (nSPS) is 10.7. The molecule has 174 valence electrons. The van der Waals surface area contributed by atoms with E-state index in [1.165, 1.54) is 7.11 Å². The molecule has 0 saturated carbocycles. The fourth-order valence-corrected chi connectivity index (χ4v) is 4.01. The Hall–Kier alpha value is -3.91. The Kier molecular flexibility index (Phi) is 6.51. The Bertz CT molecular complexity index is 1410. The lowest BCUT2D eigenvalue weighted by atomic mass is 10.1. The second-order valence-corrected chi connectivity index (χ2v) is 8.31. The van der Waals surface area contributed by atoms with E-state index >= 15 is 0 Å². The van der Waals surface area contributed by atoms with Gasteiger partial charge in [-0.2, -0.15) is 0 Å². The van der Waals surface area contributed by atoms with Crippen molar-refractivity contribution < 1.29 is 18.7 Å². The fraction of sp³-hybridized carbons (Fsp3) is 0.192. The summed E-state index contributed by atoms with van der Waals surface area (Å²) in [5.74, 6) is 1.11. The quantitative estimate of drug-likeness (QED) is 0.365. The highest BCUT2D eigenvalue weighted by atomic mass is 32.1. The Balaban J connectivity index is 1.55. The van der Waals surface area contributed by atoms with Crippen molar-refractivity contribution in [2.75, 3.05) is 19.5 Å². The van der Waals surface area contributed by atoms with Crippen molar-refractivity contribution in [3.63, 3.8) is 0 Å². The molecule has 0 aliphatic rings. The number of carbonyl (C=O) groups is 1. The van der Waals surface area contributed by atoms with Gasteiger partial charge in [0.25, 0.3) is 5.91 Å². The monoisotopic (exact) mass is 475 g/mol. The Morgan fingerprint density at radius 1 is 1.03 bits per heavy atom. The molecule has 8 heteroatoms. The SMILES string of the molecule is COc1ccc(C(=O)NC(=S)Nc2cccc(-c3nc4cc(C)cc(C)c4o3)c2C)c(OC)c1. The molecule has 0 saturated heterocycles. The first kappa shape index (κ1) is 23.3. The highest BCUT2D eigenvalue weighted by Crippen LogP contribution is 2.32. The van der Waals surface area contributed by atoms with Crippen LogP contribution in [-0.4, -0.2) is 30.2 Å². The van der Waals surface area contributed by atoms with Crippen LogP contribution in [0.25, 0.3) is 22.6 Å². The largest absolute Gasteiger partial charge is 0.497 e. The van der Waals surface area contributed by atoms with Crippen molar-refractivity contribution in [1.29, 1.82) is 0 Å². The van der Waals surface area contributed by atoms with Crippen LogP contribution < -0.4 is 20.1 Å². The van der Waals surface area contributed by atoms with Gasteiger partial charge in [0.2, 0.25) is 5.89 Å². The number of anilines is 1. The fourth-order valence-electron chi connectivity index (χ4n) is 3.80. The molecule has 2 N–H and O–H groups in total. The second kappa shape index (κ2) is 9.52. The van der Waals surface area contributed by atoms with E-state index in [0.717, 1.165) is 39.0 Å². The molecule has 7 nitrogen and oxygen atoms in total. The third-order valence-electron chi connectivity index (χ3n) is 5.51. The van der Waals surface area contributed by atoms with Gasteiger partial charge in [0.05, 0.1) is 19.8 Å². The van der Waals surface area contributed by atoms with Crippen molar-refractivity contribution in [1.82, 2.24) is 10.3 Å². The number of nitrogens with zero attached hydrogens (tertiary/aromatic N) is 1. The van der Waals surface area contributed by atoms with Gasteiger partial charge >= 0.3 is 0 Å². The van der Waals surface area contributed by atoms with E-state index in [4.69, 9.17) is 26.1 Å². The first-order chi connectivity index (χ1) is 16.3. The highest BCUT2D eigenvalue weighted by Gasteiger charge is 2.17. The number of hydrogen-bond acceptors (Lipinski definition) is 6. The van der Waals surface area contributed by atoms with Crippen LogP contribution in [-0.2, 0) is 0 Å². The van der Waals surface area contributed by atoms with Crippen LogP contribution in [0, 0.1) is 20.8 Å². The van der Waals surface area contributed by atoms with Gasteiger partial charge in [0, 0.05) is 17.3 Å². The third kappa shape index (κ3) is 4.58. The smallest absolute Gasteiger partial charge is 0.261 e. The molecule has 1 aromatic heterocycles. The summed E-state index contributed by atoms with van der Waals surface area (Å²) in [6, 6.07) is 14.7. The number of benzene rings is 3. The van der Waals surface area contributed by atoms with E-state index in [1.807, 2.05) is 45.0 Å². The molecule has 3 aromatic carbocycles. The lowest BCUT2D eigenvalue weighted by Gasteiger charge is -2.14. The van der Waals surface area contributed by atoms with Gasteiger partial charge in [0.15, 0.2) is 10.7 Å². The Morgan fingerprint density at radius 2 is 1.82 bits per heavy atom. The van der Waals surface area contributed by atoms with E-state index < -0.39 is 5.91 Å². The number of aromatic nitrogens is 1. The minimum atomic E-state index is -0.393. The van der Waals surface area contributed by atoms with E-state index in [-0.39, 0.29) is 5.11 Å². The lowest BCUT2D eigenvalue weighted by molar-refractivity contribution is 0.0974. The molecule has 0 fully saturated rings. The summed E-state index contributed by atoms with van der Waals surface area (Å²) in [6.07, 6.45) is 0. The van der Waals surface area contributed by atoms with Crippen molar-refractivity contribution in [3.05, 3.63) is 70.8 Å². The number of hydrogen-bond donors (Lipinski definition) is 2. The van der Waals surface area contributed by atoms with Gasteiger partial charge in [-0.25, -0.2) is 4.98 Å². The number of methoxy groups -OCH3 is 2. The first-order valence-corrected chi connectivity index (χ1v) is 11.0. The number of ether oxygens (including phenoxy) is 2. The van der Waals surface area contributed by atoms with Gasteiger partial charge in [0.1, 0.15) is 17.0 Å². The summed E-state index contributed by atoms with van der Waals surface area (Å²) in [4.78, 5) is 17.5. The van der Waals surface area contributed by atoms with Crippen LogP contribution in [0.4, 0.5) is 5.69 Å². The summed E-state index contributed by atoms with van der Waals surface area (Å²) in [7, 11) is 3.04. The van der Waals surface area contributed by atoms with Crippen LogP contribution in [0.3, 0.4) is 0 Å². The number of amides is 1. The van der Waals surface area contributed by atoms with Crippen LogP contribution in [0.2, 0.25) is 0 Å². The summed E-state index contributed by atoms with van der Waals surface area (Å²) >= 11 is 5.40. The Morgan fingerprint density at radius 3 is 2.56 bits per heavy atom. The second-order valence-electron chi connectivity index (χ2n) is 7.90. The predicted molar refractivity (Wildman–Crippen MR) is 137 cm³/mol. The molecule has 0 aliphatic carbocycles. The number of carbonyl (C=O) groups excluding carboxylic acids is 1. The number of fused-ring (bicyclic) bond motifs is 1. The topological polar surface area (TPSA) is 85.6 Å². The summed E-state index contributed by atoms with van der Waals surface area (Å²) < 4.78 is 16.6. The van der Waals surface area contributed by atoms with Crippen LogP contribution in [0.1, 0.15) is 27.0 Å². The van der Waals surface area contributed by atoms with Gasteiger partial charge in [-0.3, -0.25) is 10.1 Å². The third-order valence-corrected chi connectivity index (χ3v) is 5.72. The zero-order chi connectivity index (χ0) is 24.4. The number of rotatable bonds is 5. The average molecular weight is 476 g/mol. The van der Waals surface area contributed by atoms with Crippen molar-refractivity contribution in [3.8, 4) is 23.0 Å². The molecule has 0 atom stereocenters. The standard InChI is InChI=1S/C26H25N3O4S/c1-14-11-15(2)23-21(12-14)27-25(33-23)18-7-6-8-20(16(18)3)28-26(34)29-24(30)19-10-9-17(31-4)13-22(19)32-5/h6-13H,1-5H3,(H2,28,29,30,34). The molecule has 1 heterocycles. The molecule has 34 heavy (non-hydrogen) atoms. The first-order valence-electron chi connectivity index (χ1n) is 10.6. The molecule has 0 unspecified atom stereocenters. The number of aryl methyl sites for hydroxylation is 2. The minimum absolute atomic E-state index is 0.159. The van der Waals surface area contributed by atoms with Crippen LogP contribution >= 0.6 is 12.2 Å². The number of oxazole rings is 1. The van der Waals surface area contributed by atoms with E-state index in [1.54, 1.807) is 25.3 Å². The molecule has 0 spiro atoms. The molecule has 0 bridgehead atoms. The summed E-state index contributed by atoms with van der Waals surface area (Å²) in [6.45, 7) is 5.99. The molecule has 0 aliphatic heterocycles. The summed E-state index contributed by atoms with van der Waals surface area (Å²) in [5.41, 5.74) is 6.57. The average Bonchev–Trinajstić information content (AvgIpc) is 3.24. The van der Waals surface area contributed by atoms with Crippen LogP contribution in [0.15, 0.2) is 52.9 Å². The zero-order valence-corrected chi connectivity index (χ0v) is 20.4. The van der Waals surface area contributed by atoms with Gasteiger partial charge in [-0.1, -0.05) is 12.1 Å². The molecule has 4 aromatic rings. The van der Waals surface area contributed by atoms with Gasteiger partial charge in [-0.05, 0) is 80.0 Å². The maximum absolute atomic E-state index is 12.8. The van der Waals surface area contributed by atoms with E-state index in [9.17, 15) is 4.79 Å². The predicted octanol–water partition coefficient (Wildman–Crippen LogP) is 5.56. The van der Waals surface area contributed by atoms with Gasteiger partial charge < -0.3 is 19.2 Å². The maximum atomic E-state index is 12.8. The van der Waals surface area contributed by atoms with Gasteiger partial charge in [-0.15, -0.1) is 0 Å². The number of thiocarbonyl (C=S) groups is 1. The van der Waals surface area contributed by atoms with E-state index in [2.05, 4.69) is 21.7 Å². The minimum Gasteiger partial charge on any atom is -0.497 e. The summed E-state index contributed by atoms with van der Waals surface area (Å²) in [5, 5.41) is 5.96. The van der Waals surface area contributed by atoms with Crippen molar-refractivity contribution in [2.45, 2.75) is 20.8 Å². The van der Waals surface area contributed by atoms with Crippen LogP contribution in [0.5, 0.6) is 11.5 Å². The molecule has 4 rings (SSSR count). The molecular weight excluding hydrogens is 450 g/mol. The molecular formula is C26H25N3O4S.